The molecular formula is C10H16O2. The largest absolute Gasteiger partial charge is 0.481 e. The SMILES string of the molecule is CC(C)/C=C/C=C/CCC(=O)O. The lowest BCUT2D eigenvalue weighted by Gasteiger charge is -1.89. The Hall–Kier alpha value is -1.05. The van der Waals surface area contributed by atoms with Gasteiger partial charge in [0.1, 0.15) is 0 Å². The molecule has 2 nitrogen and oxygen atoms in total. The summed E-state index contributed by atoms with van der Waals surface area (Å²) in [5.41, 5.74) is 0. The Morgan fingerprint density at radius 2 is 2.08 bits per heavy atom. The summed E-state index contributed by atoms with van der Waals surface area (Å²) >= 11 is 0. The van der Waals surface area contributed by atoms with Crippen LogP contribution >= 0.6 is 0 Å². The zero-order valence-corrected chi connectivity index (χ0v) is 7.66. The van der Waals surface area contributed by atoms with E-state index in [0.29, 0.717) is 12.3 Å². The van der Waals surface area contributed by atoms with E-state index in [0.717, 1.165) is 0 Å². The number of hydrogen-bond donors (Lipinski definition) is 1. The van der Waals surface area contributed by atoms with Crippen LogP contribution in [0.4, 0.5) is 0 Å². The molecule has 0 radical (unpaired) electrons. The number of carbonyl (C=O) groups is 1. The van der Waals surface area contributed by atoms with Gasteiger partial charge < -0.3 is 5.11 Å². The van der Waals surface area contributed by atoms with Gasteiger partial charge in [-0.2, -0.15) is 0 Å². The van der Waals surface area contributed by atoms with Crippen molar-refractivity contribution < 1.29 is 9.90 Å². The van der Waals surface area contributed by atoms with Crippen molar-refractivity contribution in [2.75, 3.05) is 0 Å². The third-order valence-electron chi connectivity index (χ3n) is 1.27. The Labute approximate surface area is 73.6 Å². The van der Waals surface area contributed by atoms with Crippen LogP contribution in [0.25, 0.3) is 0 Å². The van der Waals surface area contributed by atoms with Gasteiger partial charge in [-0.1, -0.05) is 38.2 Å². The van der Waals surface area contributed by atoms with Gasteiger partial charge in [0.15, 0.2) is 0 Å². The van der Waals surface area contributed by atoms with Crippen molar-refractivity contribution in [3.05, 3.63) is 24.3 Å². The van der Waals surface area contributed by atoms with Crippen LogP contribution in [0.2, 0.25) is 0 Å². The molecule has 0 aliphatic carbocycles. The van der Waals surface area contributed by atoms with Crippen LogP contribution in [0, 0.1) is 5.92 Å². The van der Waals surface area contributed by atoms with Gasteiger partial charge >= 0.3 is 5.97 Å². The van der Waals surface area contributed by atoms with E-state index in [9.17, 15) is 4.79 Å². The standard InChI is InChI=1S/C10H16O2/c1-9(2)7-5-3-4-6-8-10(11)12/h3-5,7,9H,6,8H2,1-2H3,(H,11,12)/b4-3+,7-5+. The third kappa shape index (κ3) is 8.95. The normalized spacial score (nSPS) is 11.9. The second-order valence-electron chi connectivity index (χ2n) is 2.99. The molecule has 0 unspecified atom stereocenters. The highest BCUT2D eigenvalue weighted by Crippen LogP contribution is 1.95. The van der Waals surface area contributed by atoms with Crippen LogP contribution < -0.4 is 0 Å². The van der Waals surface area contributed by atoms with E-state index >= 15 is 0 Å². The molecule has 1 N–H and O–H groups in total. The summed E-state index contributed by atoms with van der Waals surface area (Å²) in [4.78, 5) is 10.1. The Bertz CT molecular complexity index is 178. The number of rotatable bonds is 5. The Balaban J connectivity index is 3.43. The molecule has 0 saturated heterocycles. The van der Waals surface area contributed by atoms with Crippen molar-refractivity contribution in [1.82, 2.24) is 0 Å². The molecule has 0 spiro atoms. The fourth-order valence-corrected chi connectivity index (χ4v) is 0.668. The molecule has 0 aromatic rings. The summed E-state index contributed by atoms with van der Waals surface area (Å²) in [6, 6.07) is 0. The van der Waals surface area contributed by atoms with Gasteiger partial charge in [0.05, 0.1) is 0 Å². The van der Waals surface area contributed by atoms with Crippen molar-refractivity contribution in [2.24, 2.45) is 5.92 Å². The average Bonchev–Trinajstić information content (AvgIpc) is 1.95. The Kier molecular flexibility index (Phi) is 6.07. The van der Waals surface area contributed by atoms with E-state index < -0.39 is 5.97 Å². The maximum Gasteiger partial charge on any atom is 0.303 e. The van der Waals surface area contributed by atoms with Gasteiger partial charge in [-0.15, -0.1) is 0 Å². The van der Waals surface area contributed by atoms with Crippen molar-refractivity contribution in [3.63, 3.8) is 0 Å². The van der Waals surface area contributed by atoms with Crippen molar-refractivity contribution >= 4 is 5.97 Å². The number of aliphatic carboxylic acids is 1. The van der Waals surface area contributed by atoms with E-state index in [1.807, 2.05) is 18.2 Å². The van der Waals surface area contributed by atoms with Gasteiger partial charge in [-0.25, -0.2) is 0 Å². The number of allylic oxidation sites excluding steroid dienone is 4. The van der Waals surface area contributed by atoms with Gasteiger partial charge in [0.2, 0.25) is 0 Å². The zero-order valence-electron chi connectivity index (χ0n) is 7.66. The van der Waals surface area contributed by atoms with Crippen LogP contribution in [0.1, 0.15) is 26.7 Å². The average molecular weight is 168 g/mol. The predicted molar refractivity (Wildman–Crippen MR) is 50.0 cm³/mol. The fourth-order valence-electron chi connectivity index (χ4n) is 0.668. The van der Waals surface area contributed by atoms with Gasteiger partial charge in [0, 0.05) is 6.42 Å². The van der Waals surface area contributed by atoms with E-state index in [-0.39, 0.29) is 6.42 Å². The summed E-state index contributed by atoms with van der Waals surface area (Å²) in [6.07, 6.45) is 8.60. The van der Waals surface area contributed by atoms with Crippen LogP contribution in [0.15, 0.2) is 24.3 Å². The first kappa shape index (κ1) is 11.0. The molecule has 0 fully saturated rings. The molecule has 12 heavy (non-hydrogen) atoms. The zero-order chi connectivity index (χ0) is 9.40. The molecule has 0 aliphatic rings. The summed E-state index contributed by atoms with van der Waals surface area (Å²) in [5, 5.41) is 8.31. The van der Waals surface area contributed by atoms with Crippen LogP contribution in [0.3, 0.4) is 0 Å². The lowest BCUT2D eigenvalue weighted by molar-refractivity contribution is -0.136. The monoisotopic (exact) mass is 168 g/mol. The number of carboxylic acid groups (broad SMARTS) is 1. The highest BCUT2D eigenvalue weighted by Gasteiger charge is 1.90. The smallest absolute Gasteiger partial charge is 0.303 e. The summed E-state index contributed by atoms with van der Waals surface area (Å²) in [5.74, 6) is -0.193. The first-order valence-corrected chi connectivity index (χ1v) is 4.18. The summed E-state index contributed by atoms with van der Waals surface area (Å²) in [7, 11) is 0. The second-order valence-corrected chi connectivity index (χ2v) is 2.99. The minimum absolute atomic E-state index is 0.214. The Morgan fingerprint density at radius 3 is 2.58 bits per heavy atom. The lowest BCUT2D eigenvalue weighted by Crippen LogP contribution is -1.91. The van der Waals surface area contributed by atoms with Gasteiger partial charge in [0.25, 0.3) is 0 Å². The first-order chi connectivity index (χ1) is 5.63. The molecule has 0 bridgehead atoms. The van der Waals surface area contributed by atoms with E-state index in [2.05, 4.69) is 19.9 Å². The number of hydrogen-bond acceptors (Lipinski definition) is 1. The molecule has 0 rings (SSSR count). The topological polar surface area (TPSA) is 37.3 Å². The summed E-state index contributed by atoms with van der Waals surface area (Å²) < 4.78 is 0. The summed E-state index contributed by atoms with van der Waals surface area (Å²) in [6.45, 7) is 4.20. The molecule has 0 heterocycles. The van der Waals surface area contributed by atoms with Crippen molar-refractivity contribution in [1.29, 1.82) is 0 Å². The van der Waals surface area contributed by atoms with Gasteiger partial charge in [-0.3, -0.25) is 4.79 Å². The molecule has 0 saturated carbocycles. The van der Waals surface area contributed by atoms with E-state index in [1.54, 1.807) is 0 Å². The fraction of sp³-hybridized carbons (Fsp3) is 0.500. The van der Waals surface area contributed by atoms with Crippen molar-refractivity contribution in [2.45, 2.75) is 26.7 Å². The van der Waals surface area contributed by atoms with E-state index in [4.69, 9.17) is 5.11 Å². The minimum atomic E-state index is -0.743. The quantitative estimate of drug-likeness (QED) is 0.641. The second kappa shape index (κ2) is 6.65. The van der Waals surface area contributed by atoms with Crippen LogP contribution in [-0.4, -0.2) is 11.1 Å². The van der Waals surface area contributed by atoms with Crippen LogP contribution in [-0.2, 0) is 4.79 Å². The lowest BCUT2D eigenvalue weighted by atomic mass is 10.2. The Morgan fingerprint density at radius 1 is 1.42 bits per heavy atom. The molecular weight excluding hydrogens is 152 g/mol. The first-order valence-electron chi connectivity index (χ1n) is 4.18. The molecule has 2 heteroatoms. The maximum absolute atomic E-state index is 10.1. The molecule has 68 valence electrons. The molecule has 0 aliphatic heterocycles. The third-order valence-corrected chi connectivity index (χ3v) is 1.27. The molecule has 0 amide bonds. The highest BCUT2D eigenvalue weighted by atomic mass is 16.4. The van der Waals surface area contributed by atoms with Crippen LogP contribution in [0.5, 0.6) is 0 Å². The van der Waals surface area contributed by atoms with Crippen molar-refractivity contribution in [3.8, 4) is 0 Å². The minimum Gasteiger partial charge on any atom is -0.481 e. The maximum atomic E-state index is 10.1. The number of carboxylic acids is 1. The van der Waals surface area contributed by atoms with E-state index in [1.165, 1.54) is 0 Å². The molecule has 0 aromatic carbocycles. The molecule has 0 atom stereocenters. The predicted octanol–water partition coefficient (Wildman–Crippen LogP) is 2.62. The van der Waals surface area contributed by atoms with Gasteiger partial charge in [-0.05, 0) is 12.3 Å². The molecule has 0 aromatic heterocycles. The highest BCUT2D eigenvalue weighted by molar-refractivity contribution is 5.66.